The molecule has 1 aromatic carbocycles. The van der Waals surface area contributed by atoms with Crippen LogP contribution in [0.2, 0.25) is 0 Å². The monoisotopic (exact) mass is 259 g/mol. The van der Waals surface area contributed by atoms with Crippen LogP contribution in [0.25, 0.3) is 0 Å². The maximum Gasteiger partial charge on any atom is 0.0786 e. The Morgan fingerprint density at radius 2 is 1.63 bits per heavy atom. The molecule has 3 rings (SSSR count). The summed E-state index contributed by atoms with van der Waals surface area (Å²) in [5.74, 6) is 1.24. The van der Waals surface area contributed by atoms with E-state index in [1.165, 1.54) is 31.2 Å². The Labute approximate surface area is 116 Å². The minimum absolute atomic E-state index is 0.207. The van der Waals surface area contributed by atoms with Crippen molar-refractivity contribution in [3.8, 4) is 0 Å². The van der Waals surface area contributed by atoms with Crippen molar-refractivity contribution < 1.29 is 5.11 Å². The van der Waals surface area contributed by atoms with Crippen molar-refractivity contribution in [3.05, 3.63) is 35.9 Å². The van der Waals surface area contributed by atoms with Crippen LogP contribution in [0, 0.1) is 11.8 Å². The van der Waals surface area contributed by atoms with Gasteiger partial charge in [-0.3, -0.25) is 0 Å². The maximum atomic E-state index is 11.5. The van der Waals surface area contributed by atoms with Crippen molar-refractivity contribution in [2.75, 3.05) is 7.05 Å². The van der Waals surface area contributed by atoms with Gasteiger partial charge in [-0.15, -0.1) is 0 Å². The SMILES string of the molecule is CN[C@@H](C)[C@H](c1ccccc1)C(O)(C1CC1)C1CC1. The van der Waals surface area contributed by atoms with Crippen molar-refractivity contribution >= 4 is 0 Å². The standard InChI is InChI=1S/C17H25NO/c1-12(18-2)16(13-6-4-3-5-7-13)17(19,14-8-9-14)15-10-11-15/h3-7,12,14-16,18-19H,8-11H2,1-2H3/t12-,16+/m0/s1. The molecule has 0 aliphatic heterocycles. The number of likely N-dealkylation sites (N-methyl/N-ethyl adjacent to an activating group) is 1. The largest absolute Gasteiger partial charge is 0.389 e. The van der Waals surface area contributed by atoms with Crippen molar-refractivity contribution in [3.63, 3.8) is 0 Å². The molecule has 2 N–H and O–H groups in total. The maximum absolute atomic E-state index is 11.5. The van der Waals surface area contributed by atoms with Gasteiger partial charge in [-0.05, 0) is 57.1 Å². The van der Waals surface area contributed by atoms with E-state index in [-0.39, 0.29) is 5.92 Å². The second-order valence-corrected chi connectivity index (χ2v) is 6.40. The lowest BCUT2D eigenvalue weighted by Gasteiger charge is -2.41. The average molecular weight is 259 g/mol. The molecule has 2 fully saturated rings. The number of rotatable bonds is 6. The molecule has 0 spiro atoms. The summed E-state index contributed by atoms with van der Waals surface area (Å²) >= 11 is 0. The number of aliphatic hydroxyl groups is 1. The fourth-order valence-corrected chi connectivity index (χ4v) is 3.72. The molecule has 104 valence electrons. The fourth-order valence-electron chi connectivity index (χ4n) is 3.72. The topological polar surface area (TPSA) is 32.3 Å². The van der Waals surface area contributed by atoms with E-state index >= 15 is 0 Å². The molecule has 0 unspecified atom stereocenters. The van der Waals surface area contributed by atoms with Gasteiger partial charge in [0, 0.05) is 12.0 Å². The minimum atomic E-state index is -0.496. The van der Waals surface area contributed by atoms with E-state index in [2.05, 4.69) is 42.6 Å². The lowest BCUT2D eigenvalue weighted by Crippen LogP contribution is -2.49. The first-order valence-electron chi connectivity index (χ1n) is 7.62. The number of hydrogen-bond donors (Lipinski definition) is 2. The molecule has 2 heteroatoms. The van der Waals surface area contributed by atoms with E-state index in [1.54, 1.807) is 0 Å². The average Bonchev–Trinajstić information content (AvgIpc) is 3.32. The molecule has 2 atom stereocenters. The van der Waals surface area contributed by atoms with Crippen LogP contribution in [-0.4, -0.2) is 23.8 Å². The molecule has 0 radical (unpaired) electrons. The quantitative estimate of drug-likeness (QED) is 0.823. The van der Waals surface area contributed by atoms with Crippen LogP contribution >= 0.6 is 0 Å². The van der Waals surface area contributed by atoms with Gasteiger partial charge in [-0.1, -0.05) is 30.3 Å². The summed E-state index contributed by atoms with van der Waals surface area (Å²) in [6, 6.07) is 10.9. The summed E-state index contributed by atoms with van der Waals surface area (Å²) < 4.78 is 0. The number of nitrogens with one attached hydrogen (secondary N) is 1. The van der Waals surface area contributed by atoms with Gasteiger partial charge in [0.25, 0.3) is 0 Å². The minimum Gasteiger partial charge on any atom is -0.389 e. The number of hydrogen-bond acceptors (Lipinski definition) is 2. The van der Waals surface area contributed by atoms with Gasteiger partial charge in [-0.2, -0.15) is 0 Å². The zero-order valence-corrected chi connectivity index (χ0v) is 12.0. The van der Waals surface area contributed by atoms with Crippen LogP contribution < -0.4 is 5.32 Å². The van der Waals surface area contributed by atoms with Crippen molar-refractivity contribution in [2.24, 2.45) is 11.8 Å². The van der Waals surface area contributed by atoms with Gasteiger partial charge < -0.3 is 10.4 Å². The molecule has 0 saturated heterocycles. The Balaban J connectivity index is 1.98. The van der Waals surface area contributed by atoms with E-state index in [0.717, 1.165) is 0 Å². The first-order chi connectivity index (χ1) is 9.17. The van der Waals surface area contributed by atoms with Crippen LogP contribution in [0.5, 0.6) is 0 Å². The normalized spacial score (nSPS) is 23.1. The molecule has 0 aromatic heterocycles. The van der Waals surface area contributed by atoms with Gasteiger partial charge >= 0.3 is 0 Å². The highest BCUT2D eigenvalue weighted by Crippen LogP contribution is 2.58. The third-order valence-electron chi connectivity index (χ3n) is 5.07. The smallest absolute Gasteiger partial charge is 0.0786 e. The summed E-state index contributed by atoms with van der Waals surface area (Å²) in [6.45, 7) is 2.20. The second kappa shape index (κ2) is 4.92. The molecule has 1 aromatic rings. The Morgan fingerprint density at radius 3 is 2.05 bits per heavy atom. The molecule has 2 nitrogen and oxygen atoms in total. The third kappa shape index (κ3) is 2.32. The molecule has 0 amide bonds. The lowest BCUT2D eigenvalue weighted by atomic mass is 9.72. The Hall–Kier alpha value is -0.860. The molecule has 0 heterocycles. The Morgan fingerprint density at radius 1 is 1.11 bits per heavy atom. The fraction of sp³-hybridized carbons (Fsp3) is 0.647. The molecule has 2 aliphatic rings. The van der Waals surface area contributed by atoms with Gasteiger partial charge in [0.2, 0.25) is 0 Å². The molecule has 2 saturated carbocycles. The second-order valence-electron chi connectivity index (χ2n) is 6.40. The highest BCUT2D eigenvalue weighted by molar-refractivity contribution is 5.28. The van der Waals surface area contributed by atoms with E-state index in [4.69, 9.17) is 0 Å². The summed E-state index contributed by atoms with van der Waals surface area (Å²) in [5.41, 5.74) is 0.787. The zero-order valence-electron chi connectivity index (χ0n) is 12.0. The molecule has 19 heavy (non-hydrogen) atoms. The predicted octanol–water partition coefficient (Wildman–Crippen LogP) is 2.93. The van der Waals surface area contributed by atoms with Gasteiger partial charge in [0.05, 0.1) is 5.60 Å². The van der Waals surface area contributed by atoms with Crippen LogP contribution in [-0.2, 0) is 0 Å². The van der Waals surface area contributed by atoms with Gasteiger partial charge in [0.1, 0.15) is 0 Å². The summed E-state index contributed by atoms with van der Waals surface area (Å²) in [7, 11) is 2.00. The molecule has 0 bridgehead atoms. The van der Waals surface area contributed by atoms with Crippen molar-refractivity contribution in [1.82, 2.24) is 5.32 Å². The lowest BCUT2D eigenvalue weighted by molar-refractivity contribution is -0.0397. The van der Waals surface area contributed by atoms with Crippen LogP contribution in [0.3, 0.4) is 0 Å². The van der Waals surface area contributed by atoms with Crippen LogP contribution in [0.1, 0.15) is 44.1 Å². The summed E-state index contributed by atoms with van der Waals surface area (Å²) in [5, 5.41) is 14.8. The first kappa shape index (κ1) is 13.1. The highest BCUT2D eigenvalue weighted by Gasteiger charge is 2.58. The Kier molecular flexibility index (Phi) is 3.40. The van der Waals surface area contributed by atoms with Crippen molar-refractivity contribution in [1.29, 1.82) is 0 Å². The third-order valence-corrected chi connectivity index (χ3v) is 5.07. The summed E-state index contributed by atoms with van der Waals surface area (Å²) in [4.78, 5) is 0. The Bertz CT molecular complexity index is 410. The number of benzene rings is 1. The van der Waals surface area contributed by atoms with E-state index in [9.17, 15) is 5.11 Å². The van der Waals surface area contributed by atoms with Gasteiger partial charge in [0.15, 0.2) is 0 Å². The summed E-state index contributed by atoms with van der Waals surface area (Å²) in [6.07, 6.45) is 4.80. The zero-order chi connectivity index (χ0) is 13.5. The van der Waals surface area contributed by atoms with Crippen LogP contribution in [0.4, 0.5) is 0 Å². The first-order valence-corrected chi connectivity index (χ1v) is 7.62. The van der Waals surface area contributed by atoms with E-state index < -0.39 is 5.60 Å². The van der Waals surface area contributed by atoms with Gasteiger partial charge in [-0.25, -0.2) is 0 Å². The van der Waals surface area contributed by atoms with Crippen molar-refractivity contribution in [2.45, 2.75) is 50.2 Å². The highest BCUT2D eigenvalue weighted by atomic mass is 16.3. The van der Waals surface area contributed by atoms with E-state index in [0.29, 0.717) is 17.9 Å². The molecule has 2 aliphatic carbocycles. The molecular weight excluding hydrogens is 234 g/mol. The molecular formula is C17H25NO. The van der Waals surface area contributed by atoms with Crippen LogP contribution in [0.15, 0.2) is 30.3 Å². The van der Waals surface area contributed by atoms with E-state index in [1.807, 2.05) is 7.05 Å². The predicted molar refractivity (Wildman–Crippen MR) is 78.1 cm³/mol.